The first-order valence-electron chi connectivity index (χ1n) is 7.71. The minimum Gasteiger partial charge on any atom is -0.414 e. The molecule has 4 nitrogen and oxygen atoms in total. The molecule has 20 heavy (non-hydrogen) atoms. The lowest BCUT2D eigenvalue weighted by atomic mass is 9.92. The summed E-state index contributed by atoms with van der Waals surface area (Å²) in [7, 11) is -1.74. The Morgan fingerprint density at radius 2 is 1.75 bits per heavy atom. The van der Waals surface area contributed by atoms with E-state index in [1.54, 1.807) is 0 Å². The maximum Gasteiger partial charge on any atom is 0.192 e. The van der Waals surface area contributed by atoms with Crippen molar-refractivity contribution in [2.45, 2.75) is 76.7 Å². The summed E-state index contributed by atoms with van der Waals surface area (Å²) in [6, 6.07) is 0. The van der Waals surface area contributed by atoms with Crippen LogP contribution in [0.15, 0.2) is 0 Å². The molecule has 118 valence electrons. The van der Waals surface area contributed by atoms with Gasteiger partial charge in [0.1, 0.15) is 6.10 Å². The zero-order valence-corrected chi connectivity index (χ0v) is 14.7. The monoisotopic (exact) mass is 302 g/mol. The molecule has 0 amide bonds. The summed E-state index contributed by atoms with van der Waals surface area (Å²) >= 11 is 0. The molecule has 2 aliphatic rings. The highest BCUT2D eigenvalue weighted by molar-refractivity contribution is 6.74. The number of fused-ring (bicyclic) bond motifs is 2. The number of rotatable bonds is 4. The van der Waals surface area contributed by atoms with Crippen LogP contribution in [0.25, 0.3) is 0 Å². The average molecular weight is 302 g/mol. The summed E-state index contributed by atoms with van der Waals surface area (Å²) in [6.45, 7) is 14.1. The second-order valence-corrected chi connectivity index (χ2v) is 12.6. The summed E-state index contributed by atoms with van der Waals surface area (Å²) in [5.74, 6) is 0.326. The van der Waals surface area contributed by atoms with Gasteiger partial charge in [-0.05, 0) is 18.1 Å². The van der Waals surface area contributed by atoms with E-state index in [1.807, 2.05) is 0 Å². The van der Waals surface area contributed by atoms with Crippen LogP contribution in [0.1, 0.15) is 34.1 Å². The molecule has 0 unspecified atom stereocenters. The molecule has 5 heteroatoms. The lowest BCUT2D eigenvalue weighted by Gasteiger charge is -2.40. The van der Waals surface area contributed by atoms with Crippen molar-refractivity contribution in [3.63, 3.8) is 0 Å². The lowest BCUT2D eigenvalue weighted by Crippen LogP contribution is -2.47. The molecule has 0 saturated carbocycles. The fraction of sp³-hybridized carbons (Fsp3) is 1.00. The van der Waals surface area contributed by atoms with Crippen molar-refractivity contribution in [2.75, 3.05) is 13.2 Å². The molecule has 5 atom stereocenters. The number of aliphatic hydroxyl groups excluding tert-OH is 1. The van der Waals surface area contributed by atoms with Crippen molar-refractivity contribution in [3.05, 3.63) is 0 Å². The largest absolute Gasteiger partial charge is 0.414 e. The van der Waals surface area contributed by atoms with Crippen LogP contribution in [0.5, 0.6) is 0 Å². The Balaban J connectivity index is 1.94. The van der Waals surface area contributed by atoms with Gasteiger partial charge in [0.05, 0.1) is 31.5 Å². The number of hydrogen-bond donors (Lipinski definition) is 1. The van der Waals surface area contributed by atoms with Crippen LogP contribution < -0.4 is 0 Å². The van der Waals surface area contributed by atoms with Crippen LogP contribution in [-0.4, -0.2) is 51.1 Å². The average Bonchev–Trinajstić information content (AvgIpc) is 2.69. The maximum absolute atomic E-state index is 9.32. The highest BCUT2D eigenvalue weighted by atomic mass is 28.4. The van der Waals surface area contributed by atoms with Gasteiger partial charge in [-0.1, -0.05) is 27.7 Å². The van der Waals surface area contributed by atoms with Gasteiger partial charge in [0, 0.05) is 12.3 Å². The van der Waals surface area contributed by atoms with Crippen molar-refractivity contribution in [1.29, 1.82) is 0 Å². The van der Waals surface area contributed by atoms with E-state index in [9.17, 15) is 5.11 Å². The maximum atomic E-state index is 9.32. The molecule has 1 N–H and O–H groups in total. The van der Waals surface area contributed by atoms with Crippen LogP contribution in [0, 0.1) is 5.92 Å². The van der Waals surface area contributed by atoms with E-state index in [2.05, 4.69) is 40.8 Å². The standard InChI is InChI=1S/C15H30O4Si/c1-10-11-7-12(13(8-16)18-11)19-14(10)9-17-20(5,6)15(2,3)4/h10-14,16H,7-9H2,1-6H3/t10-,11-,12-,13-,14+/m1/s1. The fourth-order valence-corrected chi connectivity index (χ4v) is 3.69. The minimum absolute atomic E-state index is 0.0363. The molecule has 0 aromatic rings. The lowest BCUT2D eigenvalue weighted by molar-refractivity contribution is -0.0895. The fourth-order valence-electron chi connectivity index (χ4n) is 2.68. The third kappa shape index (κ3) is 3.12. The van der Waals surface area contributed by atoms with Gasteiger partial charge in [-0.3, -0.25) is 0 Å². The number of ether oxygens (including phenoxy) is 2. The second kappa shape index (κ2) is 5.69. The van der Waals surface area contributed by atoms with Gasteiger partial charge in [-0.25, -0.2) is 0 Å². The topological polar surface area (TPSA) is 47.9 Å². The summed E-state index contributed by atoms with van der Waals surface area (Å²) in [6.07, 6.45) is 1.08. The molecule has 0 aromatic heterocycles. The Bertz CT molecular complexity index is 339. The van der Waals surface area contributed by atoms with Crippen molar-refractivity contribution >= 4 is 8.32 Å². The van der Waals surface area contributed by atoms with Crippen LogP contribution >= 0.6 is 0 Å². The second-order valence-electron chi connectivity index (χ2n) is 7.77. The van der Waals surface area contributed by atoms with E-state index >= 15 is 0 Å². The molecule has 0 radical (unpaired) electrons. The first kappa shape index (κ1) is 16.4. The van der Waals surface area contributed by atoms with Gasteiger partial charge >= 0.3 is 0 Å². The molecular weight excluding hydrogens is 272 g/mol. The predicted molar refractivity (Wildman–Crippen MR) is 81.3 cm³/mol. The molecule has 0 aromatic carbocycles. The molecule has 2 fully saturated rings. The number of hydrogen-bond acceptors (Lipinski definition) is 4. The Hall–Kier alpha value is 0.0569. The van der Waals surface area contributed by atoms with Gasteiger partial charge in [-0.15, -0.1) is 0 Å². The molecular formula is C15H30O4Si. The first-order valence-corrected chi connectivity index (χ1v) is 10.6. The van der Waals surface area contributed by atoms with E-state index < -0.39 is 8.32 Å². The number of aliphatic hydroxyl groups is 1. The molecule has 2 bridgehead atoms. The molecule has 0 aliphatic carbocycles. The van der Waals surface area contributed by atoms with E-state index in [4.69, 9.17) is 13.9 Å². The normalized spacial score (nSPS) is 38.2. The summed E-state index contributed by atoms with van der Waals surface area (Å²) < 4.78 is 18.3. The van der Waals surface area contributed by atoms with Crippen LogP contribution in [0.4, 0.5) is 0 Å². The van der Waals surface area contributed by atoms with Crippen LogP contribution in [0.3, 0.4) is 0 Å². The van der Waals surface area contributed by atoms with E-state index in [1.165, 1.54) is 0 Å². The SMILES string of the molecule is C[C@H]1[C@H](CO[Si](C)(C)C(C)(C)C)O[C@@H]2C[C@H]1O[C@@H]2CO. The Kier molecular flexibility index (Phi) is 4.67. The van der Waals surface area contributed by atoms with Gasteiger partial charge < -0.3 is 19.0 Å². The van der Waals surface area contributed by atoms with Crippen LogP contribution in [0.2, 0.25) is 18.1 Å². The highest BCUT2D eigenvalue weighted by Gasteiger charge is 2.47. The van der Waals surface area contributed by atoms with E-state index in [-0.39, 0.29) is 36.1 Å². The smallest absolute Gasteiger partial charge is 0.192 e. The van der Waals surface area contributed by atoms with E-state index in [0.29, 0.717) is 12.5 Å². The molecule has 2 heterocycles. The van der Waals surface area contributed by atoms with Crippen LogP contribution in [-0.2, 0) is 13.9 Å². The zero-order valence-electron chi connectivity index (χ0n) is 13.7. The first-order chi connectivity index (χ1) is 9.15. The minimum atomic E-state index is -1.74. The quantitative estimate of drug-likeness (QED) is 0.811. The highest BCUT2D eigenvalue weighted by Crippen LogP contribution is 2.40. The van der Waals surface area contributed by atoms with Crippen molar-refractivity contribution < 1.29 is 19.0 Å². The van der Waals surface area contributed by atoms with Gasteiger partial charge in [0.2, 0.25) is 0 Å². The molecule has 2 aliphatic heterocycles. The molecule has 0 spiro atoms. The Morgan fingerprint density at radius 3 is 2.30 bits per heavy atom. The van der Waals surface area contributed by atoms with Gasteiger partial charge in [0.25, 0.3) is 0 Å². The Morgan fingerprint density at radius 1 is 1.15 bits per heavy atom. The summed E-state index contributed by atoms with van der Waals surface area (Å²) in [5.41, 5.74) is 0. The predicted octanol–water partition coefficient (Wildman–Crippen LogP) is 2.56. The molecule has 2 rings (SSSR count). The zero-order chi connectivity index (χ0) is 15.1. The third-order valence-corrected chi connectivity index (χ3v) is 9.85. The van der Waals surface area contributed by atoms with Crippen molar-refractivity contribution in [2.24, 2.45) is 5.92 Å². The van der Waals surface area contributed by atoms with Crippen molar-refractivity contribution in [3.8, 4) is 0 Å². The summed E-state index contributed by atoms with van der Waals surface area (Å²) in [5, 5.41) is 9.54. The third-order valence-electron chi connectivity index (χ3n) is 5.35. The van der Waals surface area contributed by atoms with Crippen molar-refractivity contribution in [1.82, 2.24) is 0 Å². The Labute approximate surface area is 123 Å². The van der Waals surface area contributed by atoms with E-state index in [0.717, 1.165) is 6.42 Å². The van der Waals surface area contributed by atoms with Gasteiger partial charge in [0.15, 0.2) is 8.32 Å². The summed E-state index contributed by atoms with van der Waals surface area (Å²) in [4.78, 5) is 0. The molecule has 2 saturated heterocycles. The van der Waals surface area contributed by atoms with Gasteiger partial charge in [-0.2, -0.15) is 0 Å².